The van der Waals surface area contributed by atoms with E-state index in [2.05, 4.69) is 15.1 Å². The Morgan fingerprint density at radius 1 is 1.17 bits per heavy atom. The van der Waals surface area contributed by atoms with Crippen molar-refractivity contribution in [2.45, 2.75) is 0 Å². The Bertz CT molecular complexity index is 744. The molecule has 0 spiro atoms. The first-order valence-electron chi connectivity index (χ1n) is 7.65. The van der Waals surface area contributed by atoms with E-state index in [0.29, 0.717) is 43.3 Å². The second kappa shape index (κ2) is 6.71. The highest BCUT2D eigenvalue weighted by molar-refractivity contribution is 5.74. The number of carboxylic acid groups (broad SMARTS) is 1. The van der Waals surface area contributed by atoms with Gasteiger partial charge in [-0.3, -0.25) is 9.69 Å². The van der Waals surface area contributed by atoms with Crippen molar-refractivity contribution >= 4 is 17.5 Å². The minimum Gasteiger partial charge on any atom is -0.507 e. The van der Waals surface area contributed by atoms with Gasteiger partial charge in [0.25, 0.3) is 0 Å². The smallest absolute Gasteiger partial charge is 0.317 e. The number of nitrogens with zero attached hydrogens (tertiary/aromatic N) is 4. The number of rotatable bonds is 4. The molecule has 0 atom stereocenters. The minimum atomic E-state index is -0.824. The lowest BCUT2D eigenvalue weighted by Gasteiger charge is -2.35. The van der Waals surface area contributed by atoms with Crippen molar-refractivity contribution in [2.75, 3.05) is 43.4 Å². The van der Waals surface area contributed by atoms with Crippen LogP contribution in [0.2, 0.25) is 0 Å². The molecule has 24 heavy (non-hydrogen) atoms. The van der Waals surface area contributed by atoms with Crippen LogP contribution in [0.25, 0.3) is 11.3 Å². The number of carboxylic acids is 1. The number of nitrogen functional groups attached to an aromatic ring is 1. The number of nitrogens with two attached hydrogens (primary N) is 1. The molecule has 1 fully saturated rings. The van der Waals surface area contributed by atoms with Gasteiger partial charge in [-0.1, -0.05) is 12.1 Å². The van der Waals surface area contributed by atoms with Gasteiger partial charge in [0.1, 0.15) is 5.75 Å². The lowest BCUT2D eigenvalue weighted by atomic mass is 10.1. The van der Waals surface area contributed by atoms with Crippen molar-refractivity contribution < 1.29 is 15.0 Å². The van der Waals surface area contributed by atoms with Gasteiger partial charge < -0.3 is 20.8 Å². The highest BCUT2D eigenvalue weighted by atomic mass is 16.4. The molecule has 1 aromatic carbocycles. The molecular weight excluding hydrogens is 310 g/mol. The lowest BCUT2D eigenvalue weighted by molar-refractivity contribution is -0.138. The molecule has 1 aromatic heterocycles. The molecule has 1 aliphatic rings. The number of phenolic OH excluding ortho intramolecular Hbond substituents is 1. The van der Waals surface area contributed by atoms with Crippen LogP contribution >= 0.6 is 0 Å². The fraction of sp³-hybridized carbons (Fsp3) is 0.312. The Kier molecular flexibility index (Phi) is 4.48. The molecule has 3 rings (SSSR count). The lowest BCUT2D eigenvalue weighted by Crippen LogP contribution is -2.48. The first-order chi connectivity index (χ1) is 11.5. The molecule has 2 heterocycles. The van der Waals surface area contributed by atoms with Crippen molar-refractivity contribution in [1.82, 2.24) is 15.1 Å². The maximum atomic E-state index is 10.8. The number of benzene rings is 1. The summed E-state index contributed by atoms with van der Waals surface area (Å²) < 4.78 is 0. The van der Waals surface area contributed by atoms with Crippen LogP contribution in [-0.2, 0) is 4.79 Å². The van der Waals surface area contributed by atoms with Crippen LogP contribution in [0.5, 0.6) is 5.75 Å². The maximum Gasteiger partial charge on any atom is 0.317 e. The molecule has 0 unspecified atom stereocenters. The number of phenols is 1. The summed E-state index contributed by atoms with van der Waals surface area (Å²) in [6.45, 7) is 2.63. The number of para-hydroxylation sites is 1. The summed E-state index contributed by atoms with van der Waals surface area (Å²) in [6.07, 6.45) is 0. The van der Waals surface area contributed by atoms with Crippen LogP contribution in [0.15, 0.2) is 30.3 Å². The fourth-order valence-corrected chi connectivity index (χ4v) is 2.80. The van der Waals surface area contributed by atoms with E-state index in [1.807, 2.05) is 17.0 Å². The maximum absolute atomic E-state index is 10.8. The molecule has 4 N–H and O–H groups in total. The van der Waals surface area contributed by atoms with Crippen LogP contribution in [-0.4, -0.2) is 64.0 Å². The van der Waals surface area contributed by atoms with Gasteiger partial charge in [-0.25, -0.2) is 0 Å². The van der Waals surface area contributed by atoms with Crippen LogP contribution in [0.4, 0.5) is 11.5 Å². The van der Waals surface area contributed by atoms with E-state index in [1.165, 1.54) is 0 Å². The third-order valence-electron chi connectivity index (χ3n) is 4.05. The average molecular weight is 329 g/mol. The largest absolute Gasteiger partial charge is 0.507 e. The molecule has 0 aliphatic carbocycles. The standard InChI is InChI=1S/C16H19N5O3/c17-16-13(21-7-5-20(6-8-21)10-15(23)24)9-12(18-19-16)11-3-1-2-4-14(11)22/h1-4,9,22H,5-8,10H2,(H2,17,19)(H,23,24). The van der Waals surface area contributed by atoms with E-state index < -0.39 is 5.97 Å². The molecule has 1 aliphatic heterocycles. The molecule has 126 valence electrons. The zero-order valence-electron chi connectivity index (χ0n) is 13.1. The number of hydrogen-bond acceptors (Lipinski definition) is 7. The number of aliphatic carboxylic acids is 1. The molecule has 0 saturated carbocycles. The third-order valence-corrected chi connectivity index (χ3v) is 4.05. The minimum absolute atomic E-state index is 0.0427. The number of aromatic nitrogens is 2. The van der Waals surface area contributed by atoms with Gasteiger partial charge in [-0.2, -0.15) is 0 Å². The summed E-state index contributed by atoms with van der Waals surface area (Å²) in [4.78, 5) is 14.7. The Labute approximate surface area is 139 Å². The van der Waals surface area contributed by atoms with Crippen molar-refractivity contribution in [3.05, 3.63) is 30.3 Å². The van der Waals surface area contributed by atoms with E-state index in [-0.39, 0.29) is 12.3 Å². The van der Waals surface area contributed by atoms with Crippen molar-refractivity contribution in [2.24, 2.45) is 0 Å². The van der Waals surface area contributed by atoms with E-state index in [1.54, 1.807) is 18.2 Å². The van der Waals surface area contributed by atoms with Crippen molar-refractivity contribution in [1.29, 1.82) is 0 Å². The van der Waals surface area contributed by atoms with Gasteiger partial charge in [-0.05, 0) is 18.2 Å². The van der Waals surface area contributed by atoms with Crippen molar-refractivity contribution in [3.63, 3.8) is 0 Å². The monoisotopic (exact) mass is 329 g/mol. The number of hydrogen-bond donors (Lipinski definition) is 3. The van der Waals surface area contributed by atoms with Gasteiger partial charge in [0, 0.05) is 31.7 Å². The zero-order valence-corrected chi connectivity index (χ0v) is 13.1. The molecule has 2 aromatic rings. The summed E-state index contributed by atoms with van der Waals surface area (Å²) in [5, 5.41) is 26.9. The average Bonchev–Trinajstić information content (AvgIpc) is 2.56. The Balaban J connectivity index is 1.81. The first-order valence-corrected chi connectivity index (χ1v) is 7.65. The van der Waals surface area contributed by atoms with E-state index >= 15 is 0 Å². The van der Waals surface area contributed by atoms with Gasteiger partial charge in [-0.15, -0.1) is 10.2 Å². The van der Waals surface area contributed by atoms with Gasteiger partial charge in [0.05, 0.1) is 17.9 Å². The third kappa shape index (κ3) is 3.38. The number of aromatic hydroxyl groups is 1. The molecule has 0 bridgehead atoms. The van der Waals surface area contributed by atoms with E-state index in [9.17, 15) is 9.90 Å². The number of anilines is 2. The molecule has 8 heteroatoms. The molecule has 0 radical (unpaired) electrons. The van der Waals surface area contributed by atoms with Crippen molar-refractivity contribution in [3.8, 4) is 17.0 Å². The quantitative estimate of drug-likeness (QED) is 0.748. The zero-order chi connectivity index (χ0) is 17.1. The summed E-state index contributed by atoms with van der Waals surface area (Å²) >= 11 is 0. The van der Waals surface area contributed by atoms with E-state index in [4.69, 9.17) is 10.8 Å². The highest BCUT2D eigenvalue weighted by Gasteiger charge is 2.21. The number of carbonyl (C=O) groups is 1. The topological polar surface area (TPSA) is 116 Å². The van der Waals surface area contributed by atoms with E-state index in [0.717, 1.165) is 5.69 Å². The van der Waals surface area contributed by atoms with Crippen LogP contribution in [0.3, 0.4) is 0 Å². The van der Waals surface area contributed by atoms with Crippen LogP contribution in [0.1, 0.15) is 0 Å². The predicted octanol–water partition coefficient (Wildman–Crippen LogP) is 0.638. The Morgan fingerprint density at radius 3 is 2.54 bits per heavy atom. The Morgan fingerprint density at radius 2 is 1.88 bits per heavy atom. The van der Waals surface area contributed by atoms with Gasteiger partial charge >= 0.3 is 5.97 Å². The second-order valence-electron chi connectivity index (χ2n) is 5.67. The summed E-state index contributed by atoms with van der Waals surface area (Å²) in [5.74, 6) is -0.370. The Hall–Kier alpha value is -2.87. The second-order valence-corrected chi connectivity index (χ2v) is 5.67. The summed E-state index contributed by atoms with van der Waals surface area (Å²) in [5.41, 5.74) is 7.85. The van der Waals surface area contributed by atoms with Gasteiger partial charge in [0.15, 0.2) is 5.82 Å². The normalized spacial score (nSPS) is 15.4. The SMILES string of the molecule is Nc1nnc(-c2ccccc2O)cc1N1CCN(CC(=O)O)CC1. The summed E-state index contributed by atoms with van der Waals surface area (Å²) in [7, 11) is 0. The summed E-state index contributed by atoms with van der Waals surface area (Å²) in [6, 6.07) is 8.73. The highest BCUT2D eigenvalue weighted by Crippen LogP contribution is 2.31. The fourth-order valence-electron chi connectivity index (χ4n) is 2.80. The molecular formula is C16H19N5O3. The predicted molar refractivity (Wildman–Crippen MR) is 89.8 cm³/mol. The van der Waals surface area contributed by atoms with Crippen LogP contribution in [0, 0.1) is 0 Å². The number of piperazine rings is 1. The molecule has 8 nitrogen and oxygen atoms in total. The molecule has 0 amide bonds. The van der Waals surface area contributed by atoms with Gasteiger partial charge in [0.2, 0.25) is 0 Å². The van der Waals surface area contributed by atoms with Crippen LogP contribution < -0.4 is 10.6 Å². The first kappa shape index (κ1) is 16.0. The molecule has 1 saturated heterocycles.